The molecule has 53 nitrogen and oxygen atoms in total. The van der Waals surface area contributed by atoms with Crippen molar-refractivity contribution in [3.8, 4) is 0 Å². The van der Waals surface area contributed by atoms with Gasteiger partial charge in [0.25, 0.3) is 0 Å². The predicted octanol–water partition coefficient (Wildman–Crippen LogP) is -11.3. The van der Waals surface area contributed by atoms with Gasteiger partial charge in [0.2, 0.25) is 37.1 Å². The third-order valence-electron chi connectivity index (χ3n) is 16.7. The van der Waals surface area contributed by atoms with Gasteiger partial charge in [-0.2, -0.15) is 11.8 Å². The monoisotopic (exact) mass is 1730 g/mol. The quantitative estimate of drug-likeness (QED) is 0.00968. The summed E-state index contributed by atoms with van der Waals surface area (Å²) in [6.45, 7) is -4.01. The van der Waals surface area contributed by atoms with Gasteiger partial charge in [-0.05, 0) is 12.8 Å². The van der Waals surface area contributed by atoms with Gasteiger partial charge in [0.05, 0.1) is 43.8 Å². The van der Waals surface area contributed by atoms with E-state index in [1.54, 1.807) is 11.8 Å². The number of carbonyl (C=O) groups is 4. The minimum absolute atomic E-state index is 0.0172. The number of unbranched alkanes of at least 4 members (excludes halogenated alkanes) is 1. The molecule has 3 amide bonds. The second kappa shape index (κ2) is 44.7. The summed E-state index contributed by atoms with van der Waals surface area (Å²) in [5.41, 5.74) is 0. The van der Waals surface area contributed by atoms with E-state index in [0.29, 0.717) is 18.6 Å². The molecule has 0 aromatic carbocycles. The molecule has 0 bridgehead atoms. The first-order chi connectivity index (χ1) is 51.4. The molecule has 0 radical (unpaired) electrons. The maximum atomic E-state index is 14.0. The van der Waals surface area contributed by atoms with Gasteiger partial charge < -0.3 is 146 Å². The van der Waals surface area contributed by atoms with Crippen molar-refractivity contribution in [3.05, 3.63) is 0 Å². The number of nitrogens with one attached hydrogen (secondary N) is 3. The van der Waals surface area contributed by atoms with Gasteiger partial charge in [-0.1, -0.05) is 6.42 Å². The van der Waals surface area contributed by atoms with Crippen LogP contribution in [0.4, 0.5) is 4.79 Å². The van der Waals surface area contributed by atoms with E-state index < -0.39 is 247 Å². The Bertz CT molecular complexity index is 3120. The number of thioether (sulfide) groups is 1. The molecule has 28 atom stereocenters. The van der Waals surface area contributed by atoms with E-state index in [9.17, 15) is 89.3 Å². The first-order valence-electron chi connectivity index (χ1n) is 30.4. The lowest BCUT2D eigenvalue weighted by Crippen LogP contribution is -2.71. The summed E-state index contributed by atoms with van der Waals surface area (Å²) in [6.07, 6.45) is -49.2. The van der Waals surface area contributed by atoms with Crippen LogP contribution in [0.3, 0.4) is 0 Å². The average Bonchev–Trinajstić information content (AvgIpc) is 0.944. The molecular formula is C47H68N3O50S8-9. The molecule has 0 saturated carbocycles. The van der Waals surface area contributed by atoms with E-state index in [1.807, 2.05) is 0 Å². The van der Waals surface area contributed by atoms with Crippen molar-refractivity contribution in [2.45, 2.75) is 196 Å². The summed E-state index contributed by atoms with van der Waals surface area (Å²) in [6, 6.07) is -2.12. The molecule has 7 aliphatic rings. The molecule has 628 valence electrons. The third-order valence-corrected chi connectivity index (χ3v) is 21.1. The molecule has 3 N–H and O–H groups in total. The number of urea groups is 1. The number of aliphatic carboxylic acids is 2. The molecule has 7 fully saturated rings. The van der Waals surface area contributed by atoms with Gasteiger partial charge in [-0.3, -0.25) is 54.2 Å². The van der Waals surface area contributed by atoms with Crippen molar-refractivity contribution in [2.75, 3.05) is 75.3 Å². The Morgan fingerprint density at radius 1 is 0.463 bits per heavy atom. The molecule has 0 aromatic rings. The minimum Gasteiger partial charge on any atom is -0.726 e. The van der Waals surface area contributed by atoms with Gasteiger partial charge in [0.15, 0.2) is 93.0 Å². The lowest BCUT2D eigenvalue weighted by atomic mass is 9.94. The second-order valence-corrected chi connectivity index (χ2v) is 28.8. The first kappa shape index (κ1) is 92.9. The van der Waals surface area contributed by atoms with E-state index in [0.717, 1.165) is 49.8 Å². The summed E-state index contributed by atoms with van der Waals surface area (Å²) in [7, 11) is -10.1. The maximum absolute atomic E-state index is 14.0. The van der Waals surface area contributed by atoms with Crippen LogP contribution in [0.25, 0.3) is 0 Å². The Morgan fingerprint density at radius 3 is 1.25 bits per heavy atom. The number of ether oxygens (including phenoxy) is 16. The van der Waals surface area contributed by atoms with Crippen molar-refractivity contribution in [2.24, 2.45) is 0 Å². The Balaban J connectivity index is 1.23. The summed E-state index contributed by atoms with van der Waals surface area (Å²) in [4.78, 5) is 53.0. The SMILES string of the molecule is COC1C(OC)[C@H](O[C@H]2O[C@@H](COS(=O)(=O)[O-])[C@@H](O[C@@H]3OC(C(=O)[O-])[C@@H](O[C@H]4OC(COS(=O)(=O)[O-])[C@@H](OC)[C@H](OC)C4NC(=O)CCCCC4SCC5NC(=O)NC54)[C@H](OC)C3OC)C(OSOO[O-])C2OSOO[O-])[C@H](C(=O)[O-])O[C@H]1O[C@@H]1C(COS(=O)(=O)[O-])O[C@H](OC)C(OSOO[O-])[C@H]1OSOO[O-]. The molecule has 7 heterocycles. The van der Waals surface area contributed by atoms with Crippen molar-refractivity contribution in [3.63, 3.8) is 0 Å². The number of carbonyl (C=O) groups excluding carboxylic acids is 4. The van der Waals surface area contributed by atoms with Crippen LogP contribution in [0.5, 0.6) is 0 Å². The zero-order chi connectivity index (χ0) is 79.2. The normalized spacial score (nSPS) is 36.8. The zero-order valence-electron chi connectivity index (χ0n) is 56.0. The Kier molecular flexibility index (Phi) is 38.5. The fourth-order valence-corrected chi connectivity index (χ4v) is 16.3. The van der Waals surface area contributed by atoms with Gasteiger partial charge in [-0.25, -0.2) is 30.0 Å². The highest BCUT2D eigenvalue weighted by Gasteiger charge is 2.61. The van der Waals surface area contributed by atoms with Crippen LogP contribution < -0.4 is 47.2 Å². The fourth-order valence-electron chi connectivity index (χ4n) is 12.4. The molecule has 0 aromatic heterocycles. The largest absolute Gasteiger partial charge is 0.726 e. The predicted molar refractivity (Wildman–Crippen MR) is 316 cm³/mol. The van der Waals surface area contributed by atoms with Gasteiger partial charge in [-0.15, -0.1) is 17.3 Å². The number of hydrogen-bond donors (Lipinski definition) is 3. The van der Waals surface area contributed by atoms with Crippen molar-refractivity contribution in [1.29, 1.82) is 0 Å². The highest BCUT2D eigenvalue weighted by molar-refractivity contribution is 8.00. The molecule has 13 unspecified atom stereocenters. The standard InChI is InChI=1S/C47H77N3O50S8/c1-70-24-17(12-77-106(61,62)63)80-42(23(27(24)71-2)49-21(51)11-9-8-10-20-22-16(15-101-20)48-47(56)50-22)85-30-28(72-3)36(74-5)44(87-34(30)40(52)53)84-26-19(14-79-108(67,68)69)82-46(39(92-105-100-96-60)33(26)90-103-98-94-58)86-31-29(73-4)37(75-6)45(88-35(31)41(54)55)83-25-18(13-78-107(64,65)66)81-43(76-7)38(91-104-99-95-59)32(25)89-102-97-93-57/h16-20,22-39,42-46,57-60H,8-15H2,1-7H3,(H,49,51)(H,52,53)(H,54,55)(H2,48,50,56)(H,61,62,63)(H,64,65,66)(H,67,68,69)/p-9/t16?,17?,18?,19-,20?,22?,23?,24+,25+,26+,27+,28-,29?,30-,31-,32-,33?,34?,35+,36?,37?,38?,39?,42+,43-,44+,45+,46+/m0/s1. The smallest absolute Gasteiger partial charge is 0.315 e. The lowest BCUT2D eigenvalue weighted by Gasteiger charge is -2.52. The number of hydrogen-bond acceptors (Lipinski definition) is 55. The molecule has 0 aliphatic carbocycles. The Hall–Kier alpha value is -2.24. The Morgan fingerprint density at radius 2 is 0.843 bits per heavy atom. The number of fused-ring (bicyclic) bond motifs is 1. The van der Waals surface area contributed by atoms with E-state index >= 15 is 0 Å². The summed E-state index contributed by atoms with van der Waals surface area (Å²) >= 11 is 0.308. The van der Waals surface area contributed by atoms with Crippen LogP contribution in [0, 0.1) is 0 Å². The molecular weight excluding hydrogens is 1660 g/mol. The highest BCUT2D eigenvalue weighted by Crippen LogP contribution is 2.43. The molecule has 7 aliphatic heterocycles. The number of carboxylic acids is 2. The summed E-state index contributed by atoms with van der Waals surface area (Å²) in [5, 5.41) is 93.0. The van der Waals surface area contributed by atoms with Crippen LogP contribution in [0.1, 0.15) is 25.7 Å². The van der Waals surface area contributed by atoms with Crippen LogP contribution in [0.2, 0.25) is 0 Å². The number of amides is 3. The average molecular weight is 1730 g/mol. The third kappa shape index (κ3) is 25.9. The van der Waals surface area contributed by atoms with Crippen molar-refractivity contribution >= 4 is 116 Å². The summed E-state index contributed by atoms with van der Waals surface area (Å²) in [5.74, 6) is -4.50. The number of rotatable bonds is 48. The van der Waals surface area contributed by atoms with Crippen LogP contribution in [-0.4, -0.2) is 309 Å². The summed E-state index contributed by atoms with van der Waals surface area (Å²) < 4.78 is 255. The van der Waals surface area contributed by atoms with Crippen molar-refractivity contribution in [1.82, 2.24) is 16.0 Å². The topological polar surface area (TPSA) is 700 Å². The van der Waals surface area contributed by atoms with E-state index in [1.165, 1.54) is 0 Å². The number of carboxylic acid groups (broad SMARTS) is 2. The van der Waals surface area contributed by atoms with Crippen LogP contribution in [-0.2, 0) is 188 Å². The number of methoxy groups -OCH3 is 7. The Labute approximate surface area is 632 Å². The van der Waals surface area contributed by atoms with Gasteiger partial charge in [0, 0.05) is 67.2 Å². The lowest BCUT2D eigenvalue weighted by molar-refractivity contribution is -0.778. The van der Waals surface area contributed by atoms with E-state index in [4.69, 9.17) is 92.5 Å². The highest BCUT2D eigenvalue weighted by atomic mass is 32.3. The van der Waals surface area contributed by atoms with Crippen molar-refractivity contribution < 1.29 is 232 Å². The molecule has 7 saturated heterocycles. The minimum atomic E-state index is -5.88. The fraction of sp³-hybridized carbons (Fsp3) is 0.915. The van der Waals surface area contributed by atoms with E-state index in [-0.39, 0.29) is 60.9 Å². The molecule has 0 spiro atoms. The van der Waals surface area contributed by atoms with Gasteiger partial charge >= 0.3 is 6.03 Å². The van der Waals surface area contributed by atoms with Crippen LogP contribution >= 0.6 is 61.1 Å². The van der Waals surface area contributed by atoms with E-state index in [2.05, 4.69) is 66.0 Å². The molecule has 61 heteroatoms. The molecule has 7 rings (SSSR count). The van der Waals surface area contributed by atoms with Gasteiger partial charge in [0.1, 0.15) is 110 Å². The second-order valence-electron chi connectivity index (χ2n) is 22.6. The van der Waals surface area contributed by atoms with Crippen LogP contribution in [0.15, 0.2) is 0 Å². The first-order valence-corrected chi connectivity index (χ1v) is 38.1. The molecule has 108 heavy (non-hydrogen) atoms. The maximum Gasteiger partial charge on any atom is 0.315 e. The zero-order valence-corrected chi connectivity index (χ0v) is 62.5.